The molecule has 1 aliphatic rings. The van der Waals surface area contributed by atoms with E-state index in [9.17, 15) is 19.2 Å². The number of rotatable bonds is 5. The van der Waals surface area contributed by atoms with Crippen molar-refractivity contribution in [1.29, 1.82) is 0 Å². The Labute approximate surface area is 194 Å². The highest BCUT2D eigenvalue weighted by Crippen LogP contribution is 2.20. The van der Waals surface area contributed by atoms with E-state index in [2.05, 4.69) is 15.0 Å². The van der Waals surface area contributed by atoms with Gasteiger partial charge in [0.1, 0.15) is 24.5 Å². The lowest BCUT2D eigenvalue weighted by Crippen LogP contribution is -2.56. The number of nitrogens with one attached hydrogen (secondary N) is 1. The van der Waals surface area contributed by atoms with Crippen molar-refractivity contribution >= 4 is 34.5 Å². The number of Topliss-reactive ketones (excluding diaryl/α,β-unsaturated/α-hetero) is 1. The van der Waals surface area contributed by atoms with Gasteiger partial charge in [0.05, 0.1) is 17.6 Å². The highest BCUT2D eigenvalue weighted by molar-refractivity contribution is 6.09. The van der Waals surface area contributed by atoms with E-state index >= 15 is 0 Å². The quantitative estimate of drug-likeness (QED) is 0.366. The van der Waals surface area contributed by atoms with E-state index in [1.807, 2.05) is 24.3 Å². The molecule has 0 unspecified atom stereocenters. The summed E-state index contributed by atoms with van der Waals surface area (Å²) in [5.41, 5.74) is 2.58. The van der Waals surface area contributed by atoms with Gasteiger partial charge in [0, 0.05) is 5.56 Å². The number of hydrogen-bond acceptors (Lipinski definition) is 6. The van der Waals surface area contributed by atoms with Crippen LogP contribution in [0.1, 0.15) is 20.8 Å². The van der Waals surface area contributed by atoms with Crippen LogP contribution in [-0.2, 0) is 9.59 Å². The van der Waals surface area contributed by atoms with Crippen LogP contribution in [0.3, 0.4) is 0 Å². The maximum absolute atomic E-state index is 13.0. The van der Waals surface area contributed by atoms with Gasteiger partial charge < -0.3 is 9.88 Å². The van der Waals surface area contributed by atoms with E-state index in [1.54, 1.807) is 42.5 Å². The van der Waals surface area contributed by atoms with Crippen molar-refractivity contribution in [3.8, 4) is 11.5 Å². The Morgan fingerprint density at radius 2 is 1.53 bits per heavy atom. The SMILES string of the molecule is O=C(CN1C(=O)CN(C(=O)c2cccc(-c3nc4ccccc4[nH]3)n2)CC1=O)c1ccccc1. The molecule has 168 valence electrons. The molecule has 0 bridgehead atoms. The van der Waals surface area contributed by atoms with Gasteiger partial charge in [-0.15, -0.1) is 0 Å². The normalized spacial score (nSPS) is 14.0. The number of benzene rings is 2. The fourth-order valence-corrected chi connectivity index (χ4v) is 3.79. The molecule has 2 aromatic heterocycles. The minimum absolute atomic E-state index is 0.0902. The Balaban J connectivity index is 1.31. The molecule has 9 heteroatoms. The maximum atomic E-state index is 13.0. The third-order valence-electron chi connectivity index (χ3n) is 5.54. The summed E-state index contributed by atoms with van der Waals surface area (Å²) in [4.78, 5) is 64.8. The number of nitrogens with zero attached hydrogens (tertiary/aromatic N) is 4. The molecule has 34 heavy (non-hydrogen) atoms. The number of imidazole rings is 1. The zero-order valence-corrected chi connectivity index (χ0v) is 18.0. The molecule has 0 aliphatic carbocycles. The molecule has 2 aromatic carbocycles. The first-order chi connectivity index (χ1) is 16.5. The number of aromatic nitrogens is 3. The first kappa shape index (κ1) is 21.2. The molecule has 0 spiro atoms. The molecule has 0 atom stereocenters. The molecule has 3 heterocycles. The van der Waals surface area contributed by atoms with E-state index in [1.165, 1.54) is 6.07 Å². The van der Waals surface area contributed by atoms with Crippen LogP contribution in [0.2, 0.25) is 0 Å². The van der Waals surface area contributed by atoms with Crippen LogP contribution in [0.5, 0.6) is 0 Å². The standard InChI is InChI=1S/C25H19N5O4/c31-21(16-7-2-1-3-8-16)13-30-22(32)14-29(15-23(30)33)25(34)20-12-6-11-19(26-20)24-27-17-9-4-5-10-18(17)28-24/h1-12H,13-15H2,(H,27,28). The van der Waals surface area contributed by atoms with Crippen LogP contribution in [0, 0.1) is 0 Å². The zero-order chi connectivity index (χ0) is 23.7. The van der Waals surface area contributed by atoms with E-state index < -0.39 is 17.7 Å². The van der Waals surface area contributed by atoms with Crippen LogP contribution in [-0.4, -0.2) is 67.9 Å². The second kappa shape index (κ2) is 8.70. The van der Waals surface area contributed by atoms with Gasteiger partial charge in [-0.2, -0.15) is 0 Å². The van der Waals surface area contributed by atoms with Crippen molar-refractivity contribution in [2.24, 2.45) is 0 Å². The third-order valence-corrected chi connectivity index (χ3v) is 5.54. The lowest BCUT2D eigenvalue weighted by molar-refractivity contribution is -0.149. The molecule has 3 amide bonds. The molecule has 1 aliphatic heterocycles. The first-order valence-corrected chi connectivity index (χ1v) is 10.6. The number of carbonyl (C=O) groups is 4. The van der Waals surface area contributed by atoms with Crippen LogP contribution in [0.15, 0.2) is 72.8 Å². The average molecular weight is 453 g/mol. The number of piperazine rings is 1. The van der Waals surface area contributed by atoms with Crippen molar-refractivity contribution < 1.29 is 19.2 Å². The van der Waals surface area contributed by atoms with Crippen LogP contribution >= 0.6 is 0 Å². The summed E-state index contributed by atoms with van der Waals surface area (Å²) in [6.07, 6.45) is 0. The number of H-pyrrole nitrogens is 1. The predicted octanol–water partition coefficient (Wildman–Crippen LogP) is 2.32. The van der Waals surface area contributed by atoms with Gasteiger partial charge in [0.15, 0.2) is 11.6 Å². The molecule has 0 radical (unpaired) electrons. The molecule has 0 saturated carbocycles. The lowest BCUT2D eigenvalue weighted by Gasteiger charge is -2.32. The topological polar surface area (TPSA) is 116 Å². The van der Waals surface area contributed by atoms with Crippen molar-refractivity contribution in [3.63, 3.8) is 0 Å². The summed E-state index contributed by atoms with van der Waals surface area (Å²) in [6.45, 7) is -0.990. The molecular formula is C25H19N5O4. The number of carbonyl (C=O) groups excluding carboxylic acids is 4. The monoisotopic (exact) mass is 453 g/mol. The van der Waals surface area contributed by atoms with Gasteiger partial charge in [-0.05, 0) is 24.3 Å². The molecule has 5 rings (SSSR count). The summed E-state index contributed by atoms with van der Waals surface area (Å²) >= 11 is 0. The highest BCUT2D eigenvalue weighted by Gasteiger charge is 2.35. The largest absolute Gasteiger partial charge is 0.337 e. The molecule has 1 fully saturated rings. The molecule has 1 N–H and O–H groups in total. The zero-order valence-electron chi connectivity index (χ0n) is 18.0. The molecular weight excluding hydrogens is 434 g/mol. The average Bonchev–Trinajstić information content (AvgIpc) is 3.30. The second-order valence-corrected chi connectivity index (χ2v) is 7.83. The molecule has 4 aromatic rings. The van der Waals surface area contributed by atoms with Crippen molar-refractivity contribution in [3.05, 3.63) is 84.1 Å². The lowest BCUT2D eigenvalue weighted by atomic mass is 10.1. The molecule has 9 nitrogen and oxygen atoms in total. The Morgan fingerprint density at radius 3 is 2.26 bits per heavy atom. The summed E-state index contributed by atoms with van der Waals surface area (Å²) < 4.78 is 0. The van der Waals surface area contributed by atoms with Crippen molar-refractivity contribution in [1.82, 2.24) is 24.8 Å². The maximum Gasteiger partial charge on any atom is 0.273 e. The Kier molecular flexibility index (Phi) is 5.43. The van der Waals surface area contributed by atoms with Crippen molar-refractivity contribution in [2.75, 3.05) is 19.6 Å². The molecule has 1 saturated heterocycles. The Bertz CT molecular complexity index is 1380. The number of aromatic amines is 1. The van der Waals surface area contributed by atoms with E-state index in [4.69, 9.17) is 0 Å². The van der Waals surface area contributed by atoms with Crippen LogP contribution < -0.4 is 0 Å². The fraction of sp³-hybridized carbons (Fsp3) is 0.120. The van der Waals surface area contributed by atoms with Crippen LogP contribution in [0.4, 0.5) is 0 Å². The van der Waals surface area contributed by atoms with Gasteiger partial charge in [0.2, 0.25) is 11.8 Å². The summed E-state index contributed by atoms with van der Waals surface area (Å²) in [5, 5.41) is 0. The number of para-hydroxylation sites is 2. The Morgan fingerprint density at radius 1 is 0.824 bits per heavy atom. The summed E-state index contributed by atoms with van der Waals surface area (Å²) in [6, 6.07) is 20.9. The van der Waals surface area contributed by atoms with E-state index in [0.717, 1.165) is 20.8 Å². The Hall–Kier alpha value is -4.66. The number of hydrogen-bond donors (Lipinski definition) is 1. The minimum Gasteiger partial charge on any atom is -0.337 e. The first-order valence-electron chi connectivity index (χ1n) is 10.6. The van der Waals surface area contributed by atoms with Crippen molar-refractivity contribution in [2.45, 2.75) is 0 Å². The fourth-order valence-electron chi connectivity index (χ4n) is 3.79. The smallest absolute Gasteiger partial charge is 0.273 e. The third kappa shape index (κ3) is 4.06. The van der Waals surface area contributed by atoms with Gasteiger partial charge >= 0.3 is 0 Å². The number of imide groups is 1. The predicted molar refractivity (Wildman–Crippen MR) is 123 cm³/mol. The number of fused-ring (bicyclic) bond motifs is 1. The number of ketones is 1. The highest BCUT2D eigenvalue weighted by atomic mass is 16.2. The van der Waals surface area contributed by atoms with Gasteiger partial charge in [0.25, 0.3) is 5.91 Å². The van der Waals surface area contributed by atoms with E-state index in [-0.39, 0.29) is 31.1 Å². The van der Waals surface area contributed by atoms with E-state index in [0.29, 0.717) is 17.1 Å². The summed E-state index contributed by atoms with van der Waals surface area (Å²) in [7, 11) is 0. The minimum atomic E-state index is -0.609. The number of pyridine rings is 1. The second-order valence-electron chi connectivity index (χ2n) is 7.83. The van der Waals surface area contributed by atoms with Gasteiger partial charge in [-0.3, -0.25) is 24.1 Å². The van der Waals surface area contributed by atoms with Gasteiger partial charge in [-0.25, -0.2) is 9.97 Å². The van der Waals surface area contributed by atoms with Gasteiger partial charge in [-0.1, -0.05) is 48.5 Å². The summed E-state index contributed by atoms with van der Waals surface area (Å²) in [5.74, 6) is -1.60. The van der Waals surface area contributed by atoms with Crippen LogP contribution in [0.25, 0.3) is 22.6 Å². The number of amides is 3.